The molecule has 0 bridgehead atoms. The Bertz CT molecular complexity index is 959. The molecule has 2 aromatic heterocycles. The first-order valence-electron chi connectivity index (χ1n) is 6.45. The molecule has 0 radical (unpaired) electrons. The summed E-state index contributed by atoms with van der Waals surface area (Å²) >= 11 is 6.93. The minimum Gasteiger partial charge on any atom is -0.397 e. The van der Waals surface area contributed by atoms with Gasteiger partial charge in [-0.2, -0.15) is 5.26 Å². The molecular formula is C15H10ClN5OS. The highest BCUT2D eigenvalue weighted by molar-refractivity contribution is 7.21. The summed E-state index contributed by atoms with van der Waals surface area (Å²) in [5, 5.41) is 12.9. The zero-order valence-corrected chi connectivity index (χ0v) is 13.2. The number of aromatic nitrogens is 1. The van der Waals surface area contributed by atoms with Gasteiger partial charge >= 0.3 is 0 Å². The maximum Gasteiger partial charge on any atom is 0.267 e. The molecule has 0 unspecified atom stereocenters. The van der Waals surface area contributed by atoms with Gasteiger partial charge in [-0.15, -0.1) is 11.3 Å². The molecule has 0 aliphatic heterocycles. The fourth-order valence-electron chi connectivity index (χ4n) is 2.03. The topological polar surface area (TPSA) is 118 Å². The lowest BCUT2D eigenvalue weighted by molar-refractivity contribution is 0.103. The van der Waals surface area contributed by atoms with Crippen LogP contribution in [0.5, 0.6) is 0 Å². The van der Waals surface area contributed by atoms with Crippen molar-refractivity contribution < 1.29 is 4.79 Å². The summed E-state index contributed by atoms with van der Waals surface area (Å²) in [7, 11) is 0. The molecule has 0 aliphatic carbocycles. The molecule has 6 nitrogen and oxygen atoms in total. The third-order valence-corrected chi connectivity index (χ3v) is 4.55. The molecule has 23 heavy (non-hydrogen) atoms. The van der Waals surface area contributed by atoms with E-state index in [1.165, 1.54) is 0 Å². The standard InChI is InChI=1S/C15H10ClN5OS/c16-8-1-3-9(4-2-8)20-14(22)12-11(18)10-5-7(6-17)13(19)21-15(10)23-12/h1-5H,18H2,(H2,19,21)(H,20,22). The van der Waals surface area contributed by atoms with Crippen molar-refractivity contribution in [1.29, 1.82) is 5.26 Å². The molecule has 0 atom stereocenters. The second kappa shape index (κ2) is 5.76. The Hall–Kier alpha value is -2.82. The molecule has 3 rings (SSSR count). The maximum atomic E-state index is 12.4. The highest BCUT2D eigenvalue weighted by atomic mass is 35.5. The highest BCUT2D eigenvalue weighted by Gasteiger charge is 2.19. The molecule has 1 aromatic carbocycles. The van der Waals surface area contributed by atoms with Gasteiger partial charge in [-0.1, -0.05) is 11.6 Å². The Morgan fingerprint density at radius 1 is 1.30 bits per heavy atom. The number of anilines is 3. The molecule has 2 heterocycles. The van der Waals surface area contributed by atoms with Crippen molar-refractivity contribution in [3.63, 3.8) is 0 Å². The van der Waals surface area contributed by atoms with Crippen LogP contribution < -0.4 is 16.8 Å². The van der Waals surface area contributed by atoms with Crippen molar-refractivity contribution in [3.8, 4) is 6.07 Å². The molecule has 0 saturated carbocycles. The van der Waals surface area contributed by atoms with Crippen molar-refractivity contribution in [2.75, 3.05) is 16.8 Å². The van der Waals surface area contributed by atoms with E-state index in [4.69, 9.17) is 28.3 Å². The van der Waals surface area contributed by atoms with E-state index in [1.807, 2.05) is 6.07 Å². The van der Waals surface area contributed by atoms with E-state index in [2.05, 4.69) is 10.3 Å². The molecule has 0 saturated heterocycles. The number of pyridine rings is 1. The number of hydrogen-bond donors (Lipinski definition) is 3. The Labute approximate surface area is 140 Å². The van der Waals surface area contributed by atoms with Gasteiger partial charge in [-0.3, -0.25) is 4.79 Å². The summed E-state index contributed by atoms with van der Waals surface area (Å²) in [5.74, 6) is -0.240. The van der Waals surface area contributed by atoms with Crippen LogP contribution in [0.15, 0.2) is 30.3 Å². The Morgan fingerprint density at radius 3 is 2.65 bits per heavy atom. The number of thiophene rings is 1. The Kier molecular flexibility index (Phi) is 3.78. The number of nitrogens with zero attached hydrogens (tertiary/aromatic N) is 2. The quantitative estimate of drug-likeness (QED) is 0.660. The van der Waals surface area contributed by atoms with Crippen LogP contribution in [0, 0.1) is 11.3 Å². The van der Waals surface area contributed by atoms with Crippen molar-refractivity contribution in [2.45, 2.75) is 0 Å². The van der Waals surface area contributed by atoms with E-state index >= 15 is 0 Å². The van der Waals surface area contributed by atoms with E-state index < -0.39 is 0 Å². The SMILES string of the molecule is N#Cc1cc2c(N)c(C(=O)Nc3ccc(Cl)cc3)sc2nc1N. The number of hydrogen-bond acceptors (Lipinski definition) is 6. The third kappa shape index (κ3) is 2.77. The Balaban J connectivity index is 1.99. The first-order chi connectivity index (χ1) is 11.0. The van der Waals surface area contributed by atoms with Crippen LogP contribution >= 0.6 is 22.9 Å². The average Bonchev–Trinajstić information content (AvgIpc) is 2.85. The number of benzene rings is 1. The average molecular weight is 344 g/mol. The largest absolute Gasteiger partial charge is 0.397 e. The van der Waals surface area contributed by atoms with E-state index in [-0.39, 0.29) is 23.0 Å². The second-order valence-electron chi connectivity index (χ2n) is 4.69. The molecule has 0 aliphatic rings. The lowest BCUT2D eigenvalue weighted by atomic mass is 10.2. The minimum absolute atomic E-state index is 0.117. The molecule has 5 N–H and O–H groups in total. The number of halogens is 1. The normalized spacial score (nSPS) is 10.4. The van der Waals surface area contributed by atoms with Crippen LogP contribution in [0.2, 0.25) is 5.02 Å². The summed E-state index contributed by atoms with van der Waals surface area (Å²) in [4.78, 5) is 17.3. The van der Waals surface area contributed by atoms with Crippen LogP contribution in [0.4, 0.5) is 17.2 Å². The molecule has 1 amide bonds. The highest BCUT2D eigenvalue weighted by Crippen LogP contribution is 2.34. The molecule has 0 spiro atoms. The van der Waals surface area contributed by atoms with Gasteiger partial charge in [0.05, 0.1) is 11.3 Å². The summed E-state index contributed by atoms with van der Waals surface area (Å²) in [6, 6.07) is 10.2. The number of nitrogens with two attached hydrogens (primary N) is 2. The van der Waals surface area contributed by atoms with Crippen LogP contribution in [0.1, 0.15) is 15.2 Å². The monoisotopic (exact) mass is 343 g/mol. The third-order valence-electron chi connectivity index (χ3n) is 3.18. The molecule has 114 valence electrons. The lowest BCUT2D eigenvalue weighted by Gasteiger charge is -2.04. The summed E-state index contributed by atoms with van der Waals surface area (Å²) in [6.07, 6.45) is 0. The van der Waals surface area contributed by atoms with E-state index in [0.717, 1.165) is 11.3 Å². The van der Waals surface area contributed by atoms with E-state index in [1.54, 1.807) is 30.3 Å². The lowest BCUT2D eigenvalue weighted by Crippen LogP contribution is -2.11. The number of amides is 1. The molecule has 8 heteroatoms. The molecular weight excluding hydrogens is 334 g/mol. The van der Waals surface area contributed by atoms with Gasteiger partial charge in [0.2, 0.25) is 0 Å². The predicted molar refractivity (Wildman–Crippen MR) is 92.6 cm³/mol. The number of carbonyl (C=O) groups is 1. The van der Waals surface area contributed by atoms with Gasteiger partial charge in [-0.25, -0.2) is 4.98 Å². The van der Waals surface area contributed by atoms with Crippen molar-refractivity contribution in [1.82, 2.24) is 4.98 Å². The van der Waals surface area contributed by atoms with Crippen molar-refractivity contribution in [2.24, 2.45) is 0 Å². The number of fused-ring (bicyclic) bond motifs is 1. The van der Waals surface area contributed by atoms with Crippen LogP contribution in [0.25, 0.3) is 10.2 Å². The van der Waals surface area contributed by atoms with Gasteiger partial charge in [-0.05, 0) is 30.3 Å². The van der Waals surface area contributed by atoms with Crippen molar-refractivity contribution >= 4 is 56.3 Å². The Morgan fingerprint density at radius 2 is 2.00 bits per heavy atom. The van der Waals surface area contributed by atoms with Crippen LogP contribution in [0.3, 0.4) is 0 Å². The van der Waals surface area contributed by atoms with Gasteiger partial charge in [0.1, 0.15) is 21.6 Å². The van der Waals surface area contributed by atoms with E-state index in [0.29, 0.717) is 25.8 Å². The predicted octanol–water partition coefficient (Wildman–Crippen LogP) is 3.24. The van der Waals surface area contributed by atoms with Crippen LogP contribution in [-0.4, -0.2) is 10.9 Å². The minimum atomic E-state index is -0.357. The maximum absolute atomic E-state index is 12.4. The molecule has 3 aromatic rings. The summed E-state index contributed by atoms with van der Waals surface area (Å²) in [6.45, 7) is 0. The van der Waals surface area contributed by atoms with Crippen molar-refractivity contribution in [3.05, 3.63) is 45.8 Å². The van der Waals surface area contributed by atoms with E-state index in [9.17, 15) is 4.79 Å². The summed E-state index contributed by atoms with van der Waals surface area (Å²) in [5.41, 5.74) is 12.8. The number of nitrogens with one attached hydrogen (secondary N) is 1. The zero-order valence-electron chi connectivity index (χ0n) is 11.6. The smallest absolute Gasteiger partial charge is 0.267 e. The van der Waals surface area contributed by atoms with Gasteiger partial charge in [0, 0.05) is 16.1 Å². The zero-order chi connectivity index (χ0) is 16.6. The number of nitriles is 1. The number of carbonyl (C=O) groups excluding carboxylic acids is 1. The van der Waals surface area contributed by atoms with Gasteiger partial charge in [0.25, 0.3) is 5.91 Å². The number of rotatable bonds is 2. The number of nitrogen functional groups attached to an aromatic ring is 2. The fraction of sp³-hybridized carbons (Fsp3) is 0. The fourth-order valence-corrected chi connectivity index (χ4v) is 3.14. The second-order valence-corrected chi connectivity index (χ2v) is 6.13. The molecule has 0 fully saturated rings. The first kappa shape index (κ1) is 15.1. The van der Waals surface area contributed by atoms with Crippen LogP contribution in [-0.2, 0) is 0 Å². The summed E-state index contributed by atoms with van der Waals surface area (Å²) < 4.78 is 0. The first-order valence-corrected chi connectivity index (χ1v) is 7.64. The van der Waals surface area contributed by atoms with Gasteiger partial charge < -0.3 is 16.8 Å². The van der Waals surface area contributed by atoms with Gasteiger partial charge in [0.15, 0.2) is 0 Å².